The van der Waals surface area contributed by atoms with E-state index >= 15 is 8.78 Å². The number of hydrogen-bond acceptors (Lipinski definition) is 5. The molecule has 1 N–H and O–H groups in total. The minimum Gasteiger partial charge on any atom is -0.329 e. The molecule has 3 heterocycles. The van der Waals surface area contributed by atoms with Crippen molar-refractivity contribution >= 4 is 21.4 Å². The second-order valence-corrected chi connectivity index (χ2v) is 12.3. The van der Waals surface area contributed by atoms with Crippen molar-refractivity contribution in [3.05, 3.63) is 108 Å². The van der Waals surface area contributed by atoms with E-state index in [4.69, 9.17) is 11.6 Å². The number of aromatic amines is 1. The summed E-state index contributed by atoms with van der Waals surface area (Å²) in [5.41, 5.74) is 0.961. The fourth-order valence-electron chi connectivity index (χ4n) is 5.06. The number of pyridine rings is 3. The second kappa shape index (κ2) is 9.53. The van der Waals surface area contributed by atoms with E-state index in [-0.39, 0.29) is 33.7 Å². The van der Waals surface area contributed by atoms with Gasteiger partial charge in [0.25, 0.3) is 11.1 Å². The molecule has 1 fully saturated rings. The summed E-state index contributed by atoms with van der Waals surface area (Å²) >= 11 is 6.55. The van der Waals surface area contributed by atoms with Crippen molar-refractivity contribution in [2.75, 3.05) is 6.26 Å². The molecule has 39 heavy (non-hydrogen) atoms. The van der Waals surface area contributed by atoms with Crippen LogP contribution in [0.15, 0.2) is 57.2 Å². The molecule has 1 saturated carbocycles. The lowest BCUT2D eigenvalue weighted by Gasteiger charge is -2.18. The summed E-state index contributed by atoms with van der Waals surface area (Å²) in [6, 6.07) is 7.12. The summed E-state index contributed by atoms with van der Waals surface area (Å²) in [5, 5.41) is -0.0976. The van der Waals surface area contributed by atoms with E-state index in [0.717, 1.165) is 22.5 Å². The van der Waals surface area contributed by atoms with Gasteiger partial charge in [0, 0.05) is 35.5 Å². The largest absolute Gasteiger partial charge is 0.329 e. The predicted octanol–water partition coefficient (Wildman–Crippen LogP) is 5.12. The van der Waals surface area contributed by atoms with E-state index < -0.39 is 37.6 Å². The van der Waals surface area contributed by atoms with Crippen molar-refractivity contribution in [3.63, 3.8) is 0 Å². The Bertz CT molecular complexity index is 1900. The lowest BCUT2D eigenvalue weighted by molar-refractivity contribution is 0.569. The first-order chi connectivity index (χ1) is 18.3. The average Bonchev–Trinajstić information content (AvgIpc) is 3.65. The van der Waals surface area contributed by atoms with Gasteiger partial charge in [-0.3, -0.25) is 19.1 Å². The van der Waals surface area contributed by atoms with Gasteiger partial charge in [0.15, 0.2) is 21.5 Å². The average molecular weight is 572 g/mol. The van der Waals surface area contributed by atoms with Crippen molar-refractivity contribution < 1.29 is 17.2 Å². The normalized spacial score (nSPS) is 16.9. The maximum Gasteiger partial charge on any atom is 0.274 e. The predicted molar refractivity (Wildman–Crippen MR) is 145 cm³/mol. The van der Waals surface area contributed by atoms with Gasteiger partial charge in [-0.25, -0.2) is 17.2 Å². The summed E-state index contributed by atoms with van der Waals surface area (Å²) in [6.45, 7) is 5.05. The van der Waals surface area contributed by atoms with Crippen LogP contribution in [-0.4, -0.2) is 29.2 Å². The summed E-state index contributed by atoms with van der Waals surface area (Å²) in [5.74, 6) is -2.38. The summed E-state index contributed by atoms with van der Waals surface area (Å²) < 4.78 is 56.3. The number of H-pyrrole nitrogens is 1. The first-order valence-electron chi connectivity index (χ1n) is 12.1. The van der Waals surface area contributed by atoms with Gasteiger partial charge in [0.2, 0.25) is 0 Å². The van der Waals surface area contributed by atoms with Crippen LogP contribution in [0.3, 0.4) is 0 Å². The number of sulfone groups is 1. The van der Waals surface area contributed by atoms with Crippen molar-refractivity contribution in [3.8, 4) is 16.9 Å². The monoisotopic (exact) mass is 571 g/mol. The van der Waals surface area contributed by atoms with Gasteiger partial charge < -0.3 is 4.98 Å². The molecule has 5 rings (SSSR count). The van der Waals surface area contributed by atoms with Crippen LogP contribution in [0.1, 0.15) is 46.2 Å². The second-order valence-electron chi connectivity index (χ2n) is 9.95. The number of rotatable bonds is 5. The summed E-state index contributed by atoms with van der Waals surface area (Å²) in [7, 11) is -3.92. The van der Waals surface area contributed by atoms with Gasteiger partial charge in [-0.05, 0) is 80.0 Å². The van der Waals surface area contributed by atoms with Gasteiger partial charge in [0.1, 0.15) is 15.6 Å². The summed E-state index contributed by atoms with van der Waals surface area (Å²) in [6.07, 6.45) is 4.41. The number of aryl methyl sites for hydroxylation is 3. The van der Waals surface area contributed by atoms with Gasteiger partial charge in [-0.15, -0.1) is 0 Å². The molecule has 0 aliphatic heterocycles. The van der Waals surface area contributed by atoms with E-state index in [0.29, 0.717) is 28.8 Å². The third-order valence-corrected chi connectivity index (χ3v) is 8.54. The molecule has 0 radical (unpaired) electrons. The van der Waals surface area contributed by atoms with Crippen molar-refractivity contribution in [2.45, 2.75) is 43.9 Å². The van der Waals surface area contributed by atoms with E-state index in [9.17, 15) is 18.0 Å². The van der Waals surface area contributed by atoms with Crippen LogP contribution >= 0.6 is 11.6 Å². The molecule has 1 aromatic carbocycles. The van der Waals surface area contributed by atoms with E-state index in [1.165, 1.54) is 18.3 Å². The third-order valence-electron chi connectivity index (χ3n) is 7.05. The molecule has 0 amide bonds. The maximum absolute atomic E-state index is 16.0. The number of aromatic nitrogens is 3. The van der Waals surface area contributed by atoms with Crippen molar-refractivity contribution in [2.24, 2.45) is 0 Å². The van der Waals surface area contributed by atoms with Crippen LogP contribution in [0.25, 0.3) is 16.9 Å². The Hall–Kier alpha value is -3.63. The van der Waals surface area contributed by atoms with E-state index in [1.807, 2.05) is 13.0 Å². The Morgan fingerprint density at radius 1 is 1.05 bits per heavy atom. The van der Waals surface area contributed by atoms with Gasteiger partial charge >= 0.3 is 0 Å². The van der Waals surface area contributed by atoms with Gasteiger partial charge in [-0.2, -0.15) is 0 Å². The molecular formula is C28H24ClF2N3O4S. The third kappa shape index (κ3) is 4.61. The molecule has 7 nitrogen and oxygen atoms in total. The molecule has 0 bridgehead atoms. The molecule has 0 spiro atoms. The molecule has 0 saturated heterocycles. The van der Waals surface area contributed by atoms with Crippen molar-refractivity contribution in [1.29, 1.82) is 0 Å². The minimum absolute atomic E-state index is 0.0976. The smallest absolute Gasteiger partial charge is 0.274 e. The Morgan fingerprint density at radius 2 is 1.74 bits per heavy atom. The number of benzene rings is 1. The Balaban J connectivity index is 1.63. The SMILES string of the molecule is Cc1c[nH]c(=O)c([C@H]2C[C@@H]2c2cc(C)n(-c3c(C)cnc(-c4cccc(S(C)(=O)=O)c4F)c3F)c(=O)c2Cl)c1. The first kappa shape index (κ1) is 27.0. The quantitative estimate of drug-likeness (QED) is 0.358. The number of nitrogens with one attached hydrogen (secondary N) is 1. The van der Waals surface area contributed by atoms with E-state index in [1.54, 1.807) is 26.1 Å². The minimum atomic E-state index is -3.92. The van der Waals surface area contributed by atoms with Gasteiger partial charge in [0.05, 0.1) is 5.69 Å². The lowest BCUT2D eigenvalue weighted by Crippen LogP contribution is -2.24. The maximum atomic E-state index is 16.0. The lowest BCUT2D eigenvalue weighted by atomic mass is 10.0. The topological polar surface area (TPSA) is 102 Å². The highest BCUT2D eigenvalue weighted by molar-refractivity contribution is 7.90. The zero-order valence-corrected chi connectivity index (χ0v) is 23.0. The Morgan fingerprint density at radius 3 is 2.44 bits per heavy atom. The molecule has 11 heteroatoms. The fraction of sp³-hybridized carbons (Fsp3) is 0.250. The van der Waals surface area contributed by atoms with Crippen LogP contribution < -0.4 is 11.1 Å². The van der Waals surface area contributed by atoms with E-state index in [2.05, 4.69) is 9.97 Å². The zero-order chi connectivity index (χ0) is 28.4. The highest BCUT2D eigenvalue weighted by Crippen LogP contribution is 2.55. The molecule has 4 aromatic rings. The number of hydrogen-bond donors (Lipinski definition) is 1. The molecular weight excluding hydrogens is 548 g/mol. The molecule has 1 aliphatic rings. The fourth-order valence-corrected chi connectivity index (χ4v) is 6.10. The van der Waals surface area contributed by atoms with Gasteiger partial charge in [-0.1, -0.05) is 17.7 Å². The number of nitrogens with zero attached hydrogens (tertiary/aromatic N) is 2. The standard InChI is InChI=1S/C28H24ClF2N3O4S/c1-13-8-20(27(35)33-11-13)18-10-17(18)19-9-15(3)34(28(36)22(19)29)26-14(2)12-32-25(24(26)31)16-6-5-7-21(23(16)30)39(4,37)38/h5-9,11-12,17-18H,10H2,1-4H3,(H,33,35)/t17-,18-/m0/s1. The summed E-state index contributed by atoms with van der Waals surface area (Å²) in [4.78, 5) is 32.0. The van der Waals surface area contributed by atoms with Crippen LogP contribution in [0.2, 0.25) is 5.02 Å². The Labute approximate surface area is 228 Å². The first-order valence-corrected chi connectivity index (χ1v) is 14.3. The molecule has 202 valence electrons. The molecule has 0 unspecified atom stereocenters. The van der Waals surface area contributed by atoms with Crippen LogP contribution in [0, 0.1) is 32.4 Å². The van der Waals surface area contributed by atoms with Crippen LogP contribution in [0.4, 0.5) is 8.78 Å². The Kier molecular flexibility index (Phi) is 6.59. The van der Waals surface area contributed by atoms with Crippen LogP contribution in [0.5, 0.6) is 0 Å². The number of halogens is 3. The molecule has 3 aromatic heterocycles. The molecule has 1 aliphatic carbocycles. The highest BCUT2D eigenvalue weighted by atomic mass is 35.5. The molecule has 2 atom stereocenters. The van der Waals surface area contributed by atoms with Crippen molar-refractivity contribution in [1.82, 2.24) is 14.5 Å². The zero-order valence-electron chi connectivity index (χ0n) is 21.5. The van der Waals surface area contributed by atoms with Crippen LogP contribution in [-0.2, 0) is 9.84 Å². The highest BCUT2D eigenvalue weighted by Gasteiger charge is 2.43.